The third-order valence-corrected chi connectivity index (χ3v) is 1.45. The number of nitrogens with one attached hydrogen (secondary N) is 2. The summed E-state index contributed by atoms with van der Waals surface area (Å²) in [5.74, 6) is 0. The lowest BCUT2D eigenvalue weighted by Gasteiger charge is -1.90. The number of rotatable bonds is 3. The molecule has 0 saturated carbocycles. The van der Waals surface area contributed by atoms with Crippen molar-refractivity contribution in [3.8, 4) is 0 Å². The van der Waals surface area contributed by atoms with E-state index in [1.165, 1.54) is 0 Å². The predicted molar refractivity (Wildman–Crippen MR) is 40.0 cm³/mol. The zero-order valence-corrected chi connectivity index (χ0v) is 6.11. The molecular formula is C7H12N2O. The van der Waals surface area contributed by atoms with Crippen LogP contribution in [-0.4, -0.2) is 10.2 Å². The molecule has 0 aromatic carbocycles. The molecule has 0 unspecified atom stereocenters. The summed E-state index contributed by atoms with van der Waals surface area (Å²) in [5, 5.41) is 5.30. The van der Waals surface area contributed by atoms with Crippen LogP contribution in [0.25, 0.3) is 0 Å². The van der Waals surface area contributed by atoms with Gasteiger partial charge in [0.15, 0.2) is 0 Å². The van der Waals surface area contributed by atoms with Gasteiger partial charge >= 0.3 is 0 Å². The van der Waals surface area contributed by atoms with E-state index in [2.05, 4.69) is 17.1 Å². The molecule has 0 bridgehead atoms. The maximum Gasteiger partial charge on any atom is 0.264 e. The van der Waals surface area contributed by atoms with Crippen molar-refractivity contribution < 1.29 is 0 Å². The molecule has 56 valence electrons. The minimum Gasteiger partial charge on any atom is -0.302 e. The minimum absolute atomic E-state index is 0.0360. The molecule has 3 nitrogen and oxygen atoms in total. The second kappa shape index (κ2) is 3.25. The fourth-order valence-electron chi connectivity index (χ4n) is 0.874. The molecule has 1 aromatic heterocycles. The summed E-state index contributed by atoms with van der Waals surface area (Å²) >= 11 is 0. The Labute approximate surface area is 59.4 Å². The van der Waals surface area contributed by atoms with E-state index < -0.39 is 0 Å². The van der Waals surface area contributed by atoms with Gasteiger partial charge in [-0.3, -0.25) is 9.89 Å². The topological polar surface area (TPSA) is 48.6 Å². The van der Waals surface area contributed by atoms with E-state index in [-0.39, 0.29) is 5.56 Å². The van der Waals surface area contributed by atoms with Crippen molar-refractivity contribution >= 4 is 0 Å². The molecule has 2 N–H and O–H groups in total. The minimum atomic E-state index is -0.0360. The van der Waals surface area contributed by atoms with E-state index in [9.17, 15) is 4.79 Å². The van der Waals surface area contributed by atoms with Gasteiger partial charge in [0.25, 0.3) is 5.56 Å². The van der Waals surface area contributed by atoms with Crippen molar-refractivity contribution in [1.29, 1.82) is 0 Å². The maximum atomic E-state index is 10.6. The lowest BCUT2D eigenvalue weighted by atomic mass is 10.2. The molecule has 0 fully saturated rings. The predicted octanol–water partition coefficient (Wildman–Crippen LogP) is 1.05. The number of H-pyrrole nitrogens is 2. The Kier molecular flexibility index (Phi) is 2.31. The van der Waals surface area contributed by atoms with Crippen LogP contribution in [0.4, 0.5) is 0 Å². The quantitative estimate of drug-likeness (QED) is 0.647. The molecule has 0 amide bonds. The molecule has 1 rings (SSSR count). The van der Waals surface area contributed by atoms with Crippen molar-refractivity contribution in [2.45, 2.75) is 26.2 Å². The normalized spacial score (nSPS) is 10.1. The summed E-state index contributed by atoms with van der Waals surface area (Å²) in [5.41, 5.74) is 0.970. The van der Waals surface area contributed by atoms with Crippen LogP contribution in [0.2, 0.25) is 0 Å². The third-order valence-electron chi connectivity index (χ3n) is 1.45. The highest BCUT2D eigenvalue weighted by Gasteiger charge is 1.93. The van der Waals surface area contributed by atoms with Gasteiger partial charge in [-0.2, -0.15) is 0 Å². The molecular weight excluding hydrogens is 128 g/mol. The number of hydrogen-bond acceptors (Lipinski definition) is 1. The standard InChI is InChI=1S/C7H12N2O/c1-2-3-4-6-5-7(10)9-8-6/h5H,2-4H2,1H3,(H2,8,9,10). The van der Waals surface area contributed by atoms with Crippen LogP contribution < -0.4 is 5.56 Å². The summed E-state index contributed by atoms with van der Waals surface area (Å²) in [4.78, 5) is 10.6. The number of unbranched alkanes of at least 4 members (excludes halogenated alkanes) is 1. The average molecular weight is 140 g/mol. The van der Waals surface area contributed by atoms with Crippen molar-refractivity contribution in [1.82, 2.24) is 10.2 Å². The SMILES string of the molecule is CCCCc1cc(=O)[nH][nH]1. The Balaban J connectivity index is 2.50. The maximum absolute atomic E-state index is 10.6. The van der Waals surface area contributed by atoms with Crippen LogP contribution in [0.3, 0.4) is 0 Å². The Hall–Kier alpha value is -0.990. The highest BCUT2D eigenvalue weighted by molar-refractivity contribution is 4.97. The number of aromatic amines is 2. The van der Waals surface area contributed by atoms with Gasteiger partial charge in [0.2, 0.25) is 0 Å². The number of aromatic nitrogens is 2. The van der Waals surface area contributed by atoms with E-state index in [0.29, 0.717) is 0 Å². The van der Waals surface area contributed by atoms with E-state index in [4.69, 9.17) is 0 Å². The second-order valence-corrected chi connectivity index (χ2v) is 2.39. The average Bonchev–Trinajstić information content (AvgIpc) is 2.31. The zero-order valence-electron chi connectivity index (χ0n) is 6.11. The highest BCUT2D eigenvalue weighted by atomic mass is 16.1. The molecule has 0 radical (unpaired) electrons. The smallest absolute Gasteiger partial charge is 0.264 e. The molecule has 0 aliphatic rings. The van der Waals surface area contributed by atoms with Crippen LogP contribution in [0.15, 0.2) is 10.9 Å². The van der Waals surface area contributed by atoms with E-state index in [1.807, 2.05) is 0 Å². The van der Waals surface area contributed by atoms with Gasteiger partial charge in [0, 0.05) is 11.8 Å². The van der Waals surface area contributed by atoms with Crippen molar-refractivity contribution in [2.75, 3.05) is 0 Å². The van der Waals surface area contributed by atoms with Crippen LogP contribution in [0.5, 0.6) is 0 Å². The van der Waals surface area contributed by atoms with Crippen LogP contribution >= 0.6 is 0 Å². The summed E-state index contributed by atoms with van der Waals surface area (Å²) in [6, 6.07) is 1.61. The van der Waals surface area contributed by atoms with E-state index >= 15 is 0 Å². The first kappa shape index (κ1) is 7.12. The zero-order chi connectivity index (χ0) is 7.40. The van der Waals surface area contributed by atoms with Gasteiger partial charge < -0.3 is 5.10 Å². The molecule has 1 heterocycles. The first-order valence-electron chi connectivity index (χ1n) is 3.59. The fourth-order valence-corrected chi connectivity index (χ4v) is 0.874. The molecule has 10 heavy (non-hydrogen) atoms. The Morgan fingerprint density at radius 1 is 1.50 bits per heavy atom. The van der Waals surface area contributed by atoms with Crippen LogP contribution in [-0.2, 0) is 6.42 Å². The Bertz CT molecular complexity index is 236. The van der Waals surface area contributed by atoms with Gasteiger partial charge in [0.05, 0.1) is 0 Å². The summed E-state index contributed by atoms with van der Waals surface area (Å²) in [7, 11) is 0. The summed E-state index contributed by atoms with van der Waals surface area (Å²) in [6.07, 6.45) is 3.26. The molecule has 0 spiro atoms. The van der Waals surface area contributed by atoms with Crippen molar-refractivity contribution in [3.63, 3.8) is 0 Å². The van der Waals surface area contributed by atoms with E-state index in [1.54, 1.807) is 6.07 Å². The Morgan fingerprint density at radius 3 is 2.80 bits per heavy atom. The van der Waals surface area contributed by atoms with Crippen LogP contribution in [0.1, 0.15) is 25.5 Å². The number of hydrogen-bond donors (Lipinski definition) is 2. The van der Waals surface area contributed by atoms with Crippen molar-refractivity contribution in [2.24, 2.45) is 0 Å². The van der Waals surface area contributed by atoms with Crippen molar-refractivity contribution in [3.05, 3.63) is 22.1 Å². The molecule has 0 saturated heterocycles. The second-order valence-electron chi connectivity index (χ2n) is 2.39. The molecule has 3 heteroatoms. The van der Waals surface area contributed by atoms with Gasteiger partial charge in [-0.15, -0.1) is 0 Å². The third kappa shape index (κ3) is 1.76. The lowest BCUT2D eigenvalue weighted by Crippen LogP contribution is -1.93. The first-order chi connectivity index (χ1) is 4.83. The molecule has 1 aromatic rings. The number of aryl methyl sites for hydroxylation is 1. The fraction of sp³-hybridized carbons (Fsp3) is 0.571. The molecule has 0 atom stereocenters. The summed E-state index contributed by atoms with van der Waals surface area (Å²) < 4.78 is 0. The van der Waals surface area contributed by atoms with Gasteiger partial charge in [-0.1, -0.05) is 13.3 Å². The van der Waals surface area contributed by atoms with Crippen LogP contribution in [0, 0.1) is 0 Å². The molecule has 0 aliphatic carbocycles. The van der Waals surface area contributed by atoms with Gasteiger partial charge in [0.1, 0.15) is 0 Å². The van der Waals surface area contributed by atoms with Gasteiger partial charge in [-0.25, -0.2) is 0 Å². The lowest BCUT2D eigenvalue weighted by molar-refractivity contribution is 0.771. The monoisotopic (exact) mass is 140 g/mol. The van der Waals surface area contributed by atoms with E-state index in [0.717, 1.165) is 25.0 Å². The highest BCUT2D eigenvalue weighted by Crippen LogP contribution is 1.96. The Morgan fingerprint density at radius 2 is 2.30 bits per heavy atom. The first-order valence-corrected chi connectivity index (χ1v) is 3.59. The largest absolute Gasteiger partial charge is 0.302 e. The van der Waals surface area contributed by atoms with Gasteiger partial charge in [-0.05, 0) is 12.8 Å². The summed E-state index contributed by atoms with van der Waals surface area (Å²) in [6.45, 7) is 2.13. The molecule has 0 aliphatic heterocycles.